The Labute approximate surface area is 156 Å². The lowest BCUT2D eigenvalue weighted by molar-refractivity contribution is 0.125. The Morgan fingerprint density at radius 3 is 2.63 bits per heavy atom. The van der Waals surface area contributed by atoms with Gasteiger partial charge in [-0.15, -0.1) is 10.2 Å². The highest BCUT2D eigenvalue weighted by Gasteiger charge is 2.24. The highest BCUT2D eigenvalue weighted by atomic mass is 16.4. The minimum Gasteiger partial charge on any atom is -0.459 e. The van der Waals surface area contributed by atoms with Gasteiger partial charge >= 0.3 is 6.03 Å². The fourth-order valence-electron chi connectivity index (χ4n) is 2.97. The van der Waals surface area contributed by atoms with Gasteiger partial charge in [0.1, 0.15) is 0 Å². The van der Waals surface area contributed by atoms with Gasteiger partial charge in [0.05, 0.1) is 6.26 Å². The second kappa shape index (κ2) is 7.24. The van der Waals surface area contributed by atoms with Gasteiger partial charge in [-0.05, 0) is 50.4 Å². The van der Waals surface area contributed by atoms with Crippen LogP contribution in [0.15, 0.2) is 51.5 Å². The van der Waals surface area contributed by atoms with E-state index in [9.17, 15) is 4.79 Å². The monoisotopic (exact) mass is 367 g/mol. The number of urea groups is 1. The van der Waals surface area contributed by atoms with Crippen molar-refractivity contribution in [2.75, 3.05) is 32.0 Å². The first-order chi connectivity index (χ1) is 13.1. The minimum atomic E-state index is -0.0828. The van der Waals surface area contributed by atoms with E-state index in [4.69, 9.17) is 8.83 Å². The van der Waals surface area contributed by atoms with E-state index in [0.29, 0.717) is 23.6 Å². The van der Waals surface area contributed by atoms with Crippen molar-refractivity contribution in [2.24, 2.45) is 0 Å². The number of nitrogens with one attached hydrogen (secondary N) is 1. The number of rotatable bonds is 3. The summed E-state index contributed by atoms with van der Waals surface area (Å²) in [7, 11) is 2.08. The van der Waals surface area contributed by atoms with Crippen LogP contribution in [0.5, 0.6) is 0 Å². The van der Waals surface area contributed by atoms with E-state index in [-0.39, 0.29) is 6.03 Å². The van der Waals surface area contributed by atoms with Gasteiger partial charge in [-0.25, -0.2) is 4.79 Å². The molecule has 0 bridgehead atoms. The van der Waals surface area contributed by atoms with Crippen molar-refractivity contribution < 1.29 is 13.6 Å². The molecule has 2 aromatic heterocycles. The van der Waals surface area contributed by atoms with Crippen molar-refractivity contribution in [1.29, 1.82) is 0 Å². The molecule has 0 saturated carbocycles. The molecule has 0 aliphatic carbocycles. The van der Waals surface area contributed by atoms with Crippen molar-refractivity contribution in [1.82, 2.24) is 20.0 Å². The molecule has 140 valence electrons. The zero-order valence-corrected chi connectivity index (χ0v) is 15.3. The number of likely N-dealkylation sites (N-methyl/N-ethyl adjacent to an activating group) is 1. The lowest BCUT2D eigenvalue weighted by Gasteiger charge is -2.37. The average Bonchev–Trinajstić information content (AvgIpc) is 3.36. The molecule has 3 aromatic rings. The van der Waals surface area contributed by atoms with Gasteiger partial charge in [0, 0.05) is 36.9 Å². The fraction of sp³-hybridized carbons (Fsp3) is 0.316. The lowest BCUT2D eigenvalue weighted by Crippen LogP contribution is -2.53. The molecule has 8 nitrogen and oxygen atoms in total. The predicted octanol–water partition coefficient (Wildman–Crippen LogP) is 3.16. The number of furan rings is 1. The molecule has 1 aromatic carbocycles. The molecule has 1 N–H and O–H groups in total. The van der Waals surface area contributed by atoms with Crippen molar-refractivity contribution in [3.8, 4) is 23.1 Å². The molecule has 8 heteroatoms. The summed E-state index contributed by atoms with van der Waals surface area (Å²) in [6.07, 6.45) is 1.55. The summed E-state index contributed by atoms with van der Waals surface area (Å²) in [6.45, 7) is 4.44. The topological polar surface area (TPSA) is 87.6 Å². The second-order valence-electron chi connectivity index (χ2n) is 6.67. The van der Waals surface area contributed by atoms with Crippen LogP contribution < -0.4 is 5.32 Å². The molecule has 1 aliphatic rings. The largest absolute Gasteiger partial charge is 0.459 e. The van der Waals surface area contributed by atoms with Crippen LogP contribution in [-0.2, 0) is 0 Å². The Hall–Kier alpha value is -3.13. The van der Waals surface area contributed by atoms with E-state index in [2.05, 4.69) is 34.4 Å². The second-order valence-corrected chi connectivity index (χ2v) is 6.67. The Kier molecular flexibility index (Phi) is 4.64. The third kappa shape index (κ3) is 3.70. The van der Waals surface area contributed by atoms with Gasteiger partial charge in [0.25, 0.3) is 5.89 Å². The maximum atomic E-state index is 12.5. The van der Waals surface area contributed by atoms with Crippen LogP contribution in [0.1, 0.15) is 6.92 Å². The summed E-state index contributed by atoms with van der Waals surface area (Å²) in [6, 6.07) is 11.1. The molecule has 4 rings (SSSR count). The van der Waals surface area contributed by atoms with E-state index in [0.717, 1.165) is 30.9 Å². The van der Waals surface area contributed by atoms with Gasteiger partial charge < -0.3 is 24.0 Å². The van der Waals surface area contributed by atoms with E-state index >= 15 is 0 Å². The van der Waals surface area contributed by atoms with Crippen molar-refractivity contribution in [3.63, 3.8) is 0 Å². The Morgan fingerprint density at radius 2 is 1.93 bits per heavy atom. The van der Waals surface area contributed by atoms with E-state index in [1.54, 1.807) is 18.4 Å². The number of hydrogen-bond donors (Lipinski definition) is 1. The molecule has 2 amide bonds. The van der Waals surface area contributed by atoms with Gasteiger partial charge in [-0.2, -0.15) is 0 Å². The maximum absolute atomic E-state index is 12.5. The number of nitrogens with zero attached hydrogens (tertiary/aromatic N) is 4. The first-order valence-electron chi connectivity index (χ1n) is 8.84. The molecule has 1 unspecified atom stereocenters. The number of benzene rings is 1. The average molecular weight is 367 g/mol. The van der Waals surface area contributed by atoms with Crippen LogP contribution in [-0.4, -0.2) is 58.8 Å². The zero-order chi connectivity index (χ0) is 18.8. The first-order valence-corrected chi connectivity index (χ1v) is 8.84. The van der Waals surface area contributed by atoms with Gasteiger partial charge in [0.15, 0.2) is 5.76 Å². The zero-order valence-electron chi connectivity index (χ0n) is 15.3. The molecule has 3 heterocycles. The molecule has 0 radical (unpaired) electrons. The Morgan fingerprint density at radius 1 is 1.15 bits per heavy atom. The van der Waals surface area contributed by atoms with E-state index in [1.807, 2.05) is 29.2 Å². The summed E-state index contributed by atoms with van der Waals surface area (Å²) in [5, 5.41) is 11.0. The number of anilines is 1. The lowest BCUT2D eigenvalue weighted by atomic mass is 10.2. The predicted molar refractivity (Wildman–Crippen MR) is 100 cm³/mol. The maximum Gasteiger partial charge on any atom is 0.321 e. The molecule has 27 heavy (non-hydrogen) atoms. The minimum absolute atomic E-state index is 0.0828. The SMILES string of the molecule is CC1CN(C(=O)Nc2ccc(-c3nnc(-c4ccco4)o3)cc2)CCN1C. The highest BCUT2D eigenvalue weighted by molar-refractivity contribution is 5.89. The number of carbonyl (C=O) groups is 1. The summed E-state index contributed by atoms with van der Waals surface area (Å²) >= 11 is 0. The normalized spacial score (nSPS) is 17.9. The quantitative estimate of drug-likeness (QED) is 0.765. The first kappa shape index (κ1) is 17.3. The van der Waals surface area contributed by atoms with Crippen LogP contribution in [0, 0.1) is 0 Å². The van der Waals surface area contributed by atoms with Crippen LogP contribution in [0.2, 0.25) is 0 Å². The standard InChI is InChI=1S/C19H21N5O3/c1-13-12-24(10-9-23(13)2)19(25)20-15-7-5-14(6-8-15)17-21-22-18(27-17)16-4-3-11-26-16/h3-8,11,13H,9-10,12H2,1-2H3,(H,20,25). The molecule has 1 saturated heterocycles. The van der Waals surface area contributed by atoms with Crippen LogP contribution in [0.25, 0.3) is 23.1 Å². The molecule has 1 atom stereocenters. The number of amides is 2. The smallest absolute Gasteiger partial charge is 0.321 e. The molecular weight excluding hydrogens is 346 g/mol. The molecule has 1 fully saturated rings. The van der Waals surface area contributed by atoms with Gasteiger partial charge in [-0.3, -0.25) is 0 Å². The van der Waals surface area contributed by atoms with E-state index < -0.39 is 0 Å². The summed E-state index contributed by atoms with van der Waals surface area (Å²) in [4.78, 5) is 16.5. The van der Waals surface area contributed by atoms with Gasteiger partial charge in [-0.1, -0.05) is 0 Å². The van der Waals surface area contributed by atoms with Crippen LogP contribution in [0.4, 0.5) is 10.5 Å². The van der Waals surface area contributed by atoms with Crippen LogP contribution in [0.3, 0.4) is 0 Å². The third-order valence-corrected chi connectivity index (χ3v) is 4.79. The summed E-state index contributed by atoms with van der Waals surface area (Å²) in [5.41, 5.74) is 1.49. The van der Waals surface area contributed by atoms with Crippen molar-refractivity contribution in [3.05, 3.63) is 42.7 Å². The van der Waals surface area contributed by atoms with Crippen LogP contribution >= 0.6 is 0 Å². The Balaban J connectivity index is 1.41. The van der Waals surface area contributed by atoms with Crippen molar-refractivity contribution >= 4 is 11.7 Å². The van der Waals surface area contributed by atoms with E-state index in [1.165, 1.54) is 0 Å². The number of aromatic nitrogens is 2. The number of carbonyl (C=O) groups excluding carboxylic acids is 1. The molecule has 0 spiro atoms. The third-order valence-electron chi connectivity index (χ3n) is 4.79. The molecule has 1 aliphatic heterocycles. The Bertz CT molecular complexity index is 904. The molecular formula is C19H21N5O3. The summed E-state index contributed by atoms with van der Waals surface area (Å²) < 4.78 is 10.9. The summed E-state index contributed by atoms with van der Waals surface area (Å²) in [5.74, 6) is 1.25. The fourth-order valence-corrected chi connectivity index (χ4v) is 2.97. The van der Waals surface area contributed by atoms with Gasteiger partial charge in [0.2, 0.25) is 5.89 Å². The number of piperazine rings is 1. The number of hydrogen-bond acceptors (Lipinski definition) is 6. The van der Waals surface area contributed by atoms with Crippen molar-refractivity contribution in [2.45, 2.75) is 13.0 Å². The highest BCUT2D eigenvalue weighted by Crippen LogP contribution is 2.25.